The van der Waals surface area contributed by atoms with Crippen LogP contribution in [0.3, 0.4) is 0 Å². The normalized spacial score (nSPS) is 17.1. The summed E-state index contributed by atoms with van der Waals surface area (Å²) in [5.74, 6) is 1.76. The molecule has 0 amide bonds. The van der Waals surface area contributed by atoms with Crippen molar-refractivity contribution in [2.24, 2.45) is 18.7 Å². The highest BCUT2D eigenvalue weighted by molar-refractivity contribution is 5.75. The first-order chi connectivity index (χ1) is 14.4. The van der Waals surface area contributed by atoms with Crippen LogP contribution in [0.1, 0.15) is 32.3 Å². The van der Waals surface area contributed by atoms with E-state index >= 15 is 0 Å². The maximum Gasteiger partial charge on any atom is 0.281 e. The molecule has 1 atom stereocenters. The van der Waals surface area contributed by atoms with E-state index in [1.165, 1.54) is 0 Å². The van der Waals surface area contributed by atoms with Crippen molar-refractivity contribution in [3.05, 3.63) is 46.2 Å². The fourth-order valence-corrected chi connectivity index (χ4v) is 3.95. The molecule has 2 aromatic heterocycles. The molecule has 1 fully saturated rings. The van der Waals surface area contributed by atoms with Gasteiger partial charge in [-0.3, -0.25) is 13.9 Å². The van der Waals surface area contributed by atoms with Gasteiger partial charge in [-0.2, -0.15) is 9.97 Å². The molecule has 8 nitrogen and oxygen atoms in total. The van der Waals surface area contributed by atoms with E-state index in [0.717, 1.165) is 44.0 Å². The number of hydrogen-bond donors (Lipinski definition) is 2. The summed E-state index contributed by atoms with van der Waals surface area (Å²) >= 11 is 0. The highest BCUT2D eigenvalue weighted by Gasteiger charge is 2.25. The predicted molar refractivity (Wildman–Crippen MR) is 121 cm³/mol. The first kappa shape index (κ1) is 20.4. The van der Waals surface area contributed by atoms with Crippen molar-refractivity contribution in [1.29, 1.82) is 0 Å². The second-order valence-electron chi connectivity index (χ2n) is 8.58. The van der Waals surface area contributed by atoms with Gasteiger partial charge in [0, 0.05) is 32.7 Å². The average Bonchev–Trinajstić information content (AvgIpc) is 3.08. The van der Waals surface area contributed by atoms with Gasteiger partial charge in [0.15, 0.2) is 11.2 Å². The Kier molecular flexibility index (Phi) is 5.76. The molecule has 1 saturated heterocycles. The molecule has 1 aliphatic rings. The minimum atomic E-state index is -0.0951. The molecule has 3 aromatic rings. The van der Waals surface area contributed by atoms with Crippen molar-refractivity contribution in [1.82, 2.24) is 19.1 Å². The quantitative estimate of drug-likeness (QED) is 0.648. The fraction of sp³-hybridized carbons (Fsp3) is 0.500. The summed E-state index contributed by atoms with van der Waals surface area (Å²) in [7, 11) is 1.76. The van der Waals surface area contributed by atoms with Gasteiger partial charge in [0.2, 0.25) is 11.9 Å². The molecule has 160 valence electrons. The van der Waals surface area contributed by atoms with Crippen LogP contribution >= 0.6 is 0 Å². The summed E-state index contributed by atoms with van der Waals surface area (Å²) in [6.07, 6.45) is 2.03. The number of hydrogen-bond acceptors (Lipinski definition) is 6. The summed E-state index contributed by atoms with van der Waals surface area (Å²) < 4.78 is 3.59. The van der Waals surface area contributed by atoms with Crippen molar-refractivity contribution in [2.75, 3.05) is 29.9 Å². The molecular weight excluding hydrogens is 378 g/mol. The first-order valence-corrected chi connectivity index (χ1v) is 10.7. The summed E-state index contributed by atoms with van der Waals surface area (Å²) in [6.45, 7) is 7.16. The number of benzene rings is 1. The number of anilines is 2. The zero-order valence-electron chi connectivity index (χ0n) is 18.0. The van der Waals surface area contributed by atoms with Gasteiger partial charge in [0.05, 0.1) is 6.54 Å². The molecule has 4 rings (SSSR count). The van der Waals surface area contributed by atoms with E-state index in [-0.39, 0.29) is 11.6 Å². The first-order valence-electron chi connectivity index (χ1n) is 10.7. The minimum absolute atomic E-state index is 0.0951. The van der Waals surface area contributed by atoms with Crippen molar-refractivity contribution < 1.29 is 0 Å². The molecule has 3 heterocycles. The Labute approximate surface area is 176 Å². The minimum Gasteiger partial charge on any atom is -0.355 e. The van der Waals surface area contributed by atoms with Crippen molar-refractivity contribution in [2.45, 2.75) is 39.3 Å². The van der Waals surface area contributed by atoms with Crippen LogP contribution in [0.5, 0.6) is 0 Å². The van der Waals surface area contributed by atoms with Gasteiger partial charge in [-0.15, -0.1) is 0 Å². The molecule has 3 N–H and O–H groups in total. The molecule has 0 radical (unpaired) electrons. The van der Waals surface area contributed by atoms with Gasteiger partial charge in [-0.25, -0.2) is 0 Å². The Bertz CT molecular complexity index is 1070. The van der Waals surface area contributed by atoms with E-state index in [2.05, 4.69) is 36.2 Å². The van der Waals surface area contributed by atoms with Crippen LogP contribution in [0.15, 0.2) is 35.1 Å². The third kappa shape index (κ3) is 4.05. The lowest BCUT2D eigenvalue weighted by atomic mass is 10.1. The van der Waals surface area contributed by atoms with E-state index in [1.807, 2.05) is 22.8 Å². The third-order valence-corrected chi connectivity index (χ3v) is 5.56. The number of nitrogens with one attached hydrogen (secondary N) is 1. The Hall–Kier alpha value is -2.87. The van der Waals surface area contributed by atoms with Crippen molar-refractivity contribution in [3.8, 4) is 0 Å². The lowest BCUT2D eigenvalue weighted by Gasteiger charge is -2.31. The Morgan fingerprint density at radius 1 is 1.23 bits per heavy atom. The summed E-state index contributed by atoms with van der Waals surface area (Å²) in [5.41, 5.74) is 8.27. The number of aromatic nitrogens is 4. The lowest BCUT2D eigenvalue weighted by molar-refractivity contribution is 0.495. The van der Waals surface area contributed by atoms with Crippen molar-refractivity contribution in [3.63, 3.8) is 0 Å². The lowest BCUT2D eigenvalue weighted by Crippen LogP contribution is -2.44. The topological polar surface area (TPSA) is 94.0 Å². The van der Waals surface area contributed by atoms with Crippen LogP contribution in [0.25, 0.3) is 11.2 Å². The zero-order valence-corrected chi connectivity index (χ0v) is 18.0. The second-order valence-corrected chi connectivity index (χ2v) is 8.58. The maximum atomic E-state index is 13.3. The third-order valence-electron chi connectivity index (χ3n) is 5.56. The fourth-order valence-electron chi connectivity index (χ4n) is 3.95. The number of rotatable bonds is 6. The average molecular weight is 410 g/mol. The zero-order chi connectivity index (χ0) is 21.3. The van der Waals surface area contributed by atoms with Crippen LogP contribution < -0.4 is 21.5 Å². The molecular formula is C22H31N7O. The van der Waals surface area contributed by atoms with Crippen LogP contribution in [0.2, 0.25) is 0 Å². The Morgan fingerprint density at radius 2 is 2.00 bits per heavy atom. The molecule has 0 spiro atoms. The smallest absolute Gasteiger partial charge is 0.281 e. The van der Waals surface area contributed by atoms with Gasteiger partial charge in [0.25, 0.3) is 5.56 Å². The van der Waals surface area contributed by atoms with Crippen LogP contribution in [0.4, 0.5) is 11.9 Å². The Balaban J connectivity index is 1.84. The standard InChI is InChI=1S/C22H31N7O/c1-15(2)12-24-21-25-19-18(20(30)27(21)3)29(13-16-8-5-4-6-9-16)22(26-19)28-11-7-10-17(23)14-28/h4-6,8-9,15,17H,7,10-14,23H2,1-3H3,(H,24,25). The maximum absolute atomic E-state index is 13.3. The summed E-state index contributed by atoms with van der Waals surface area (Å²) in [4.78, 5) is 25.1. The highest BCUT2D eigenvalue weighted by Crippen LogP contribution is 2.24. The molecule has 0 bridgehead atoms. The molecule has 30 heavy (non-hydrogen) atoms. The summed E-state index contributed by atoms with van der Waals surface area (Å²) in [5, 5.41) is 3.28. The molecule has 1 aromatic carbocycles. The number of nitrogens with zero attached hydrogens (tertiary/aromatic N) is 5. The number of imidazole rings is 1. The molecule has 0 saturated carbocycles. The molecule has 1 unspecified atom stereocenters. The summed E-state index contributed by atoms with van der Waals surface area (Å²) in [6, 6.07) is 10.3. The number of nitrogens with two attached hydrogens (primary N) is 1. The van der Waals surface area contributed by atoms with Gasteiger partial charge in [0.1, 0.15) is 0 Å². The van der Waals surface area contributed by atoms with E-state index in [1.54, 1.807) is 11.6 Å². The second kappa shape index (κ2) is 8.47. The van der Waals surface area contributed by atoms with E-state index in [9.17, 15) is 4.79 Å². The van der Waals surface area contributed by atoms with Gasteiger partial charge < -0.3 is 16.0 Å². The molecule has 8 heteroatoms. The monoisotopic (exact) mass is 409 g/mol. The Morgan fingerprint density at radius 3 is 2.70 bits per heavy atom. The molecule has 1 aliphatic heterocycles. The SMILES string of the molecule is CC(C)CNc1nc2nc(N3CCCC(N)C3)n(Cc3ccccc3)c2c(=O)n1C. The van der Waals surface area contributed by atoms with Crippen molar-refractivity contribution >= 4 is 23.1 Å². The van der Waals surface area contributed by atoms with Crippen LogP contribution in [0, 0.1) is 5.92 Å². The number of piperidine rings is 1. The van der Waals surface area contributed by atoms with Gasteiger partial charge in [-0.05, 0) is 24.3 Å². The molecule has 0 aliphatic carbocycles. The van der Waals surface area contributed by atoms with E-state index in [0.29, 0.717) is 29.6 Å². The number of fused-ring (bicyclic) bond motifs is 1. The van der Waals surface area contributed by atoms with Crippen LogP contribution in [-0.2, 0) is 13.6 Å². The largest absolute Gasteiger partial charge is 0.355 e. The van der Waals surface area contributed by atoms with Gasteiger partial charge in [-0.1, -0.05) is 44.2 Å². The van der Waals surface area contributed by atoms with E-state index < -0.39 is 0 Å². The van der Waals surface area contributed by atoms with Crippen LogP contribution in [-0.4, -0.2) is 44.8 Å². The van der Waals surface area contributed by atoms with E-state index in [4.69, 9.17) is 15.7 Å². The van der Waals surface area contributed by atoms with Gasteiger partial charge >= 0.3 is 0 Å². The predicted octanol–water partition coefficient (Wildman–Crippen LogP) is 2.17. The highest BCUT2D eigenvalue weighted by atomic mass is 16.1.